The molecule has 3 N–H and O–H groups in total. The molecule has 1 fully saturated rings. The number of halogens is 1. The Balaban J connectivity index is 1.24. The van der Waals surface area contributed by atoms with Crippen LogP contribution in [0.1, 0.15) is 30.9 Å². The van der Waals surface area contributed by atoms with Crippen molar-refractivity contribution in [2.24, 2.45) is 5.84 Å². The van der Waals surface area contributed by atoms with Gasteiger partial charge in [0.05, 0.1) is 25.1 Å². The number of methoxy groups -OCH3 is 1. The number of hydrogen-bond acceptors (Lipinski definition) is 7. The number of anilines is 1. The van der Waals surface area contributed by atoms with Crippen LogP contribution in [0.25, 0.3) is 11.0 Å². The summed E-state index contributed by atoms with van der Waals surface area (Å²) in [5.74, 6) is 6.85. The molecule has 1 aromatic heterocycles. The number of aromatic nitrogens is 1. The molecule has 2 heterocycles. The van der Waals surface area contributed by atoms with Crippen LogP contribution in [0.5, 0.6) is 11.5 Å². The molecule has 0 spiro atoms. The summed E-state index contributed by atoms with van der Waals surface area (Å²) in [6.45, 7) is 3.59. The van der Waals surface area contributed by atoms with Gasteiger partial charge in [0.25, 0.3) is 0 Å². The van der Waals surface area contributed by atoms with E-state index in [4.69, 9.17) is 19.8 Å². The first kappa shape index (κ1) is 20.4. The molecule has 1 aliphatic heterocycles. The van der Waals surface area contributed by atoms with Crippen molar-refractivity contribution in [2.45, 2.75) is 25.2 Å². The van der Waals surface area contributed by atoms with E-state index in [2.05, 4.69) is 15.5 Å². The van der Waals surface area contributed by atoms with E-state index in [9.17, 15) is 4.39 Å². The van der Waals surface area contributed by atoms with Gasteiger partial charge in [0.2, 0.25) is 0 Å². The highest BCUT2D eigenvalue weighted by molar-refractivity contribution is 5.79. The van der Waals surface area contributed by atoms with E-state index in [1.54, 1.807) is 13.2 Å². The van der Waals surface area contributed by atoms with E-state index in [1.165, 1.54) is 12.1 Å². The van der Waals surface area contributed by atoms with Crippen LogP contribution in [0.3, 0.4) is 0 Å². The fraction of sp³-hybridized carbons (Fsp3) is 0.409. The lowest BCUT2D eigenvalue weighted by atomic mass is 9.91. The second-order valence-electron chi connectivity index (χ2n) is 7.54. The molecular weight excluding hydrogens is 387 g/mol. The average molecular weight is 414 g/mol. The summed E-state index contributed by atoms with van der Waals surface area (Å²) in [6, 6.07) is 10.1. The molecule has 160 valence electrons. The van der Waals surface area contributed by atoms with Gasteiger partial charge >= 0.3 is 0 Å². The third-order valence-corrected chi connectivity index (χ3v) is 5.64. The molecule has 2 aromatic carbocycles. The van der Waals surface area contributed by atoms with E-state index < -0.39 is 0 Å². The highest BCUT2D eigenvalue weighted by Gasteiger charge is 2.25. The molecule has 0 aliphatic carbocycles. The van der Waals surface area contributed by atoms with Crippen LogP contribution >= 0.6 is 0 Å². The lowest BCUT2D eigenvalue weighted by molar-refractivity contribution is 0.189. The number of nitrogens with one attached hydrogen (secondary N) is 1. The SMILES string of the molecule is COc1cc(NN)ccc1OCCCN1CCC(c2noc3cc(F)ccc23)CC1. The summed E-state index contributed by atoms with van der Waals surface area (Å²) >= 11 is 0. The fourth-order valence-corrected chi connectivity index (χ4v) is 4.00. The Morgan fingerprint density at radius 1 is 1.20 bits per heavy atom. The molecule has 0 amide bonds. The number of hydrogen-bond donors (Lipinski definition) is 2. The predicted molar refractivity (Wildman–Crippen MR) is 113 cm³/mol. The second-order valence-corrected chi connectivity index (χ2v) is 7.54. The number of nitrogens with two attached hydrogens (primary N) is 1. The van der Waals surface area contributed by atoms with E-state index in [0.29, 0.717) is 29.6 Å². The van der Waals surface area contributed by atoms with Crippen LogP contribution in [0.4, 0.5) is 10.1 Å². The second kappa shape index (κ2) is 9.32. The summed E-state index contributed by atoms with van der Waals surface area (Å²) in [7, 11) is 1.61. The van der Waals surface area contributed by atoms with E-state index in [-0.39, 0.29) is 5.82 Å². The summed E-state index contributed by atoms with van der Waals surface area (Å²) in [4.78, 5) is 2.44. The first-order chi connectivity index (χ1) is 14.7. The molecule has 0 saturated carbocycles. The standard InChI is InChI=1S/C22H27FN4O3/c1-28-21-14-17(25-24)4-6-19(21)29-12-2-9-27-10-7-15(8-11-27)22-18-5-3-16(23)13-20(18)30-26-22/h3-6,13-15,25H,2,7-12,24H2,1H3. The fourth-order valence-electron chi connectivity index (χ4n) is 4.00. The highest BCUT2D eigenvalue weighted by atomic mass is 19.1. The van der Waals surface area contributed by atoms with Crippen LogP contribution in [0, 0.1) is 5.82 Å². The van der Waals surface area contributed by atoms with Crippen LogP contribution < -0.4 is 20.7 Å². The minimum Gasteiger partial charge on any atom is -0.493 e. The predicted octanol–water partition coefficient (Wildman–Crippen LogP) is 3.91. The van der Waals surface area contributed by atoms with Gasteiger partial charge in [-0.15, -0.1) is 0 Å². The molecule has 7 nitrogen and oxygen atoms in total. The third-order valence-electron chi connectivity index (χ3n) is 5.64. The van der Waals surface area contributed by atoms with Crippen LogP contribution in [0.15, 0.2) is 40.9 Å². The van der Waals surface area contributed by atoms with Gasteiger partial charge < -0.3 is 24.3 Å². The number of benzene rings is 2. The van der Waals surface area contributed by atoms with Crippen LogP contribution in [-0.4, -0.2) is 43.4 Å². The van der Waals surface area contributed by atoms with Gasteiger partial charge in [-0.3, -0.25) is 5.84 Å². The first-order valence-electron chi connectivity index (χ1n) is 10.2. The largest absolute Gasteiger partial charge is 0.493 e. The van der Waals surface area contributed by atoms with E-state index in [0.717, 1.165) is 55.7 Å². The zero-order valence-electron chi connectivity index (χ0n) is 17.1. The lowest BCUT2D eigenvalue weighted by Gasteiger charge is -2.31. The molecule has 4 rings (SSSR count). The number of piperidine rings is 1. The molecule has 8 heteroatoms. The molecular formula is C22H27FN4O3. The van der Waals surface area contributed by atoms with Crippen LogP contribution in [-0.2, 0) is 0 Å². The maximum absolute atomic E-state index is 13.4. The average Bonchev–Trinajstić information content (AvgIpc) is 3.20. The van der Waals surface area contributed by atoms with Gasteiger partial charge in [0.15, 0.2) is 17.1 Å². The van der Waals surface area contributed by atoms with E-state index >= 15 is 0 Å². The van der Waals surface area contributed by atoms with Crippen molar-refractivity contribution in [1.82, 2.24) is 10.1 Å². The highest BCUT2D eigenvalue weighted by Crippen LogP contribution is 2.33. The number of nitrogens with zero attached hydrogens (tertiary/aromatic N) is 2. The Kier molecular flexibility index (Phi) is 6.35. The zero-order chi connectivity index (χ0) is 20.9. The zero-order valence-corrected chi connectivity index (χ0v) is 17.1. The van der Waals surface area contributed by atoms with Gasteiger partial charge in [-0.2, -0.15) is 0 Å². The normalized spacial score (nSPS) is 15.4. The first-order valence-corrected chi connectivity index (χ1v) is 10.2. The van der Waals surface area contributed by atoms with Gasteiger partial charge in [0, 0.05) is 30.0 Å². The molecule has 3 aromatic rings. The Labute approximate surface area is 174 Å². The third kappa shape index (κ3) is 4.49. The minimum atomic E-state index is -0.299. The van der Waals surface area contributed by atoms with Crippen molar-refractivity contribution < 1.29 is 18.4 Å². The van der Waals surface area contributed by atoms with Crippen molar-refractivity contribution in [3.8, 4) is 11.5 Å². The number of nitrogen functional groups attached to an aromatic ring is 1. The van der Waals surface area contributed by atoms with Crippen molar-refractivity contribution in [1.29, 1.82) is 0 Å². The minimum absolute atomic E-state index is 0.299. The maximum atomic E-state index is 13.4. The quantitative estimate of drug-likeness (QED) is 0.328. The molecule has 0 radical (unpaired) electrons. The number of fused-ring (bicyclic) bond motifs is 1. The smallest absolute Gasteiger partial charge is 0.170 e. The maximum Gasteiger partial charge on any atom is 0.170 e. The number of rotatable bonds is 8. The van der Waals surface area contributed by atoms with Crippen molar-refractivity contribution in [3.05, 3.63) is 47.9 Å². The van der Waals surface area contributed by atoms with Crippen molar-refractivity contribution in [2.75, 3.05) is 38.8 Å². The Morgan fingerprint density at radius 3 is 2.80 bits per heavy atom. The molecule has 0 unspecified atom stereocenters. The number of likely N-dealkylation sites (tertiary alicyclic amines) is 1. The summed E-state index contributed by atoms with van der Waals surface area (Å²) in [6.07, 6.45) is 2.96. The van der Waals surface area contributed by atoms with Gasteiger partial charge in [-0.1, -0.05) is 5.16 Å². The molecule has 0 atom stereocenters. The Bertz CT molecular complexity index is 986. The van der Waals surface area contributed by atoms with Gasteiger partial charge in [-0.25, -0.2) is 4.39 Å². The van der Waals surface area contributed by atoms with Gasteiger partial charge in [0.1, 0.15) is 5.82 Å². The summed E-state index contributed by atoms with van der Waals surface area (Å²) in [5, 5.41) is 5.14. The van der Waals surface area contributed by atoms with Gasteiger partial charge in [-0.05, 0) is 56.6 Å². The lowest BCUT2D eigenvalue weighted by Crippen LogP contribution is -2.34. The molecule has 30 heavy (non-hydrogen) atoms. The van der Waals surface area contributed by atoms with Crippen LogP contribution in [0.2, 0.25) is 0 Å². The molecule has 1 saturated heterocycles. The monoisotopic (exact) mass is 414 g/mol. The number of ether oxygens (including phenoxy) is 2. The molecule has 0 bridgehead atoms. The van der Waals surface area contributed by atoms with E-state index in [1.807, 2.05) is 18.2 Å². The molecule has 1 aliphatic rings. The summed E-state index contributed by atoms with van der Waals surface area (Å²) < 4.78 is 29.9. The van der Waals surface area contributed by atoms with Crippen molar-refractivity contribution >= 4 is 16.7 Å². The Morgan fingerprint density at radius 2 is 2.03 bits per heavy atom. The number of hydrazine groups is 1. The summed E-state index contributed by atoms with van der Waals surface area (Å²) in [5.41, 5.74) is 4.84. The van der Waals surface area contributed by atoms with Crippen molar-refractivity contribution in [3.63, 3.8) is 0 Å². The topological polar surface area (TPSA) is 85.8 Å². The Hall–Kier alpha value is -2.84.